The topological polar surface area (TPSA) is 50.8 Å². The van der Waals surface area contributed by atoms with Gasteiger partial charge in [-0.15, -0.1) is 0 Å². The van der Waals surface area contributed by atoms with Crippen molar-refractivity contribution < 1.29 is 5.11 Å². The molecule has 3 heterocycles. The minimum Gasteiger partial charge on any atom is -0.393 e. The molecule has 4 atom stereocenters. The van der Waals surface area contributed by atoms with Crippen molar-refractivity contribution in [1.82, 2.24) is 20.7 Å². The van der Waals surface area contributed by atoms with Gasteiger partial charge in [0, 0.05) is 36.4 Å². The summed E-state index contributed by atoms with van der Waals surface area (Å²) < 4.78 is 0. The van der Waals surface area contributed by atoms with E-state index >= 15 is 0 Å². The van der Waals surface area contributed by atoms with E-state index in [0.717, 1.165) is 50.5 Å². The number of unbranched alkanes of at least 4 members (excludes halogenated alkanes) is 2. The van der Waals surface area contributed by atoms with E-state index < -0.39 is 0 Å². The molecule has 4 unspecified atom stereocenters. The number of hydrogen-bond donors (Lipinski definition) is 3. The second kappa shape index (κ2) is 12.1. The number of aliphatic hydroxyl groups is 1. The predicted molar refractivity (Wildman–Crippen MR) is 148 cm³/mol. The molecule has 2 aromatic carbocycles. The van der Waals surface area contributed by atoms with Gasteiger partial charge in [-0.25, -0.2) is 5.43 Å². The van der Waals surface area contributed by atoms with Crippen LogP contribution in [0.3, 0.4) is 0 Å². The maximum Gasteiger partial charge on any atom is 0.0713 e. The van der Waals surface area contributed by atoms with E-state index in [1.807, 2.05) is 12.1 Å². The SMILES string of the molecule is CCCCCC1CN(Cc2cccc(C3CCC(O)CCN3)c2)CC2=CC(c3ccc(Cl)cc3)NN21. The van der Waals surface area contributed by atoms with Crippen LogP contribution in [0.15, 0.2) is 60.3 Å². The molecule has 0 aromatic heterocycles. The van der Waals surface area contributed by atoms with E-state index in [-0.39, 0.29) is 12.1 Å². The lowest BCUT2D eigenvalue weighted by Crippen LogP contribution is -2.54. The highest BCUT2D eigenvalue weighted by molar-refractivity contribution is 6.30. The Morgan fingerprint density at radius 2 is 1.89 bits per heavy atom. The lowest BCUT2D eigenvalue weighted by atomic mass is 9.98. The number of benzene rings is 2. The predicted octanol–water partition coefficient (Wildman–Crippen LogP) is 5.73. The summed E-state index contributed by atoms with van der Waals surface area (Å²) in [5.41, 5.74) is 9.17. The Hall–Kier alpha value is -1.89. The van der Waals surface area contributed by atoms with Crippen molar-refractivity contribution >= 4 is 11.6 Å². The normalized spacial score (nSPS) is 27.0. The molecule has 3 aliphatic rings. The van der Waals surface area contributed by atoms with Crippen LogP contribution in [0.5, 0.6) is 0 Å². The monoisotopic (exact) mass is 508 g/mol. The fourth-order valence-electron chi connectivity index (χ4n) is 5.98. The number of nitrogens with zero attached hydrogens (tertiary/aromatic N) is 2. The smallest absolute Gasteiger partial charge is 0.0713 e. The minimum absolute atomic E-state index is 0.170. The van der Waals surface area contributed by atoms with Gasteiger partial charge in [0.2, 0.25) is 0 Å². The molecule has 3 N–H and O–H groups in total. The van der Waals surface area contributed by atoms with Crippen molar-refractivity contribution in [2.75, 3.05) is 19.6 Å². The second-order valence-electron chi connectivity index (χ2n) is 10.8. The molecule has 5 nitrogen and oxygen atoms in total. The van der Waals surface area contributed by atoms with E-state index in [9.17, 15) is 5.11 Å². The number of hydrazine groups is 1. The molecule has 0 saturated carbocycles. The molecule has 0 amide bonds. The third kappa shape index (κ3) is 6.32. The number of aliphatic hydroxyl groups excluding tert-OH is 1. The molecule has 0 spiro atoms. The van der Waals surface area contributed by atoms with Crippen LogP contribution in [0.25, 0.3) is 0 Å². The highest BCUT2D eigenvalue weighted by atomic mass is 35.5. The summed E-state index contributed by atoms with van der Waals surface area (Å²) in [6.45, 7) is 6.15. The van der Waals surface area contributed by atoms with Gasteiger partial charge in [-0.05, 0) is 67.1 Å². The number of nitrogens with one attached hydrogen (secondary N) is 2. The quantitative estimate of drug-likeness (QED) is 0.398. The van der Waals surface area contributed by atoms with Crippen LogP contribution in [0, 0.1) is 0 Å². The van der Waals surface area contributed by atoms with Gasteiger partial charge in [0.1, 0.15) is 0 Å². The molecule has 2 aromatic rings. The average Bonchev–Trinajstić information content (AvgIpc) is 3.19. The molecular weight excluding hydrogens is 468 g/mol. The number of hydrogen-bond acceptors (Lipinski definition) is 5. The van der Waals surface area contributed by atoms with Gasteiger partial charge in [-0.1, -0.05) is 74.2 Å². The Morgan fingerprint density at radius 3 is 2.72 bits per heavy atom. The molecule has 194 valence electrons. The summed E-state index contributed by atoms with van der Waals surface area (Å²) in [4.78, 5) is 2.62. The lowest BCUT2D eigenvalue weighted by Gasteiger charge is -2.42. The first-order valence-electron chi connectivity index (χ1n) is 13.8. The Balaban J connectivity index is 1.30. The first-order chi connectivity index (χ1) is 17.6. The molecule has 2 fully saturated rings. The van der Waals surface area contributed by atoms with Crippen molar-refractivity contribution in [3.05, 3.63) is 82.0 Å². The Labute approximate surface area is 221 Å². The van der Waals surface area contributed by atoms with Gasteiger partial charge in [-0.3, -0.25) is 4.90 Å². The standard InChI is InChI=1S/C30H41ClN4O/c1-2-3-4-8-26-20-34(21-27-18-30(33-35(26)27)23-9-11-25(31)12-10-23)19-22-6-5-7-24(17-22)29-14-13-28(36)15-16-32-29/h5-7,9-12,17-18,26,28-30,32-33,36H,2-4,8,13-16,19-21H2,1H3. The van der Waals surface area contributed by atoms with Crippen molar-refractivity contribution in [2.24, 2.45) is 0 Å². The molecule has 3 aliphatic heterocycles. The fraction of sp³-hybridized carbons (Fsp3) is 0.533. The molecule has 5 rings (SSSR count). The van der Waals surface area contributed by atoms with E-state index in [2.05, 4.69) is 70.0 Å². The summed E-state index contributed by atoms with van der Waals surface area (Å²) in [6.07, 6.45) is 9.95. The van der Waals surface area contributed by atoms with Crippen LogP contribution >= 0.6 is 11.6 Å². The highest BCUT2D eigenvalue weighted by Crippen LogP contribution is 2.32. The zero-order valence-corrected chi connectivity index (χ0v) is 22.3. The Bertz CT molecular complexity index is 1030. The zero-order chi connectivity index (χ0) is 24.9. The Morgan fingerprint density at radius 1 is 1.03 bits per heavy atom. The van der Waals surface area contributed by atoms with Crippen molar-refractivity contribution in [1.29, 1.82) is 0 Å². The van der Waals surface area contributed by atoms with Crippen LogP contribution < -0.4 is 10.7 Å². The molecule has 6 heteroatoms. The van der Waals surface area contributed by atoms with Gasteiger partial charge in [0.15, 0.2) is 0 Å². The average molecular weight is 509 g/mol. The third-order valence-electron chi connectivity index (χ3n) is 7.95. The summed E-state index contributed by atoms with van der Waals surface area (Å²) in [5.74, 6) is 0. The molecular formula is C30H41ClN4O. The third-order valence-corrected chi connectivity index (χ3v) is 8.20. The lowest BCUT2D eigenvalue weighted by molar-refractivity contribution is 0.0726. The summed E-state index contributed by atoms with van der Waals surface area (Å²) >= 11 is 6.14. The van der Waals surface area contributed by atoms with Crippen LogP contribution in [-0.4, -0.2) is 46.8 Å². The molecule has 0 radical (unpaired) electrons. The molecule has 0 aliphatic carbocycles. The van der Waals surface area contributed by atoms with E-state index in [1.165, 1.54) is 48.1 Å². The number of rotatable bonds is 8. The van der Waals surface area contributed by atoms with Crippen molar-refractivity contribution in [3.8, 4) is 0 Å². The molecule has 2 saturated heterocycles. The van der Waals surface area contributed by atoms with Crippen molar-refractivity contribution in [2.45, 2.75) is 82.6 Å². The Kier molecular flexibility index (Phi) is 8.66. The molecule has 0 bridgehead atoms. The van der Waals surface area contributed by atoms with E-state index in [4.69, 9.17) is 11.6 Å². The van der Waals surface area contributed by atoms with Gasteiger partial charge in [0.25, 0.3) is 0 Å². The van der Waals surface area contributed by atoms with Crippen LogP contribution in [-0.2, 0) is 6.54 Å². The summed E-state index contributed by atoms with van der Waals surface area (Å²) in [7, 11) is 0. The van der Waals surface area contributed by atoms with Crippen LogP contribution in [0.4, 0.5) is 0 Å². The van der Waals surface area contributed by atoms with Gasteiger partial charge < -0.3 is 15.4 Å². The minimum atomic E-state index is -0.170. The van der Waals surface area contributed by atoms with Crippen molar-refractivity contribution in [3.63, 3.8) is 0 Å². The largest absolute Gasteiger partial charge is 0.393 e. The van der Waals surface area contributed by atoms with E-state index in [1.54, 1.807) is 0 Å². The maximum absolute atomic E-state index is 10.0. The number of piperazine rings is 1. The van der Waals surface area contributed by atoms with Gasteiger partial charge >= 0.3 is 0 Å². The van der Waals surface area contributed by atoms with Gasteiger partial charge in [-0.2, -0.15) is 0 Å². The zero-order valence-electron chi connectivity index (χ0n) is 21.5. The van der Waals surface area contributed by atoms with Crippen LogP contribution in [0.1, 0.15) is 80.6 Å². The van der Waals surface area contributed by atoms with Crippen LogP contribution in [0.2, 0.25) is 5.02 Å². The summed E-state index contributed by atoms with van der Waals surface area (Å²) in [5, 5.41) is 16.9. The van der Waals surface area contributed by atoms with Gasteiger partial charge in [0.05, 0.1) is 18.2 Å². The second-order valence-corrected chi connectivity index (χ2v) is 11.2. The maximum atomic E-state index is 10.0. The number of fused-ring (bicyclic) bond motifs is 1. The van der Waals surface area contributed by atoms with E-state index in [0.29, 0.717) is 12.1 Å². The first-order valence-corrected chi connectivity index (χ1v) is 14.2. The molecule has 36 heavy (non-hydrogen) atoms. The fourth-order valence-corrected chi connectivity index (χ4v) is 6.10. The highest BCUT2D eigenvalue weighted by Gasteiger charge is 2.35. The number of halogens is 1. The summed E-state index contributed by atoms with van der Waals surface area (Å²) in [6, 6.07) is 18.3. The first kappa shape index (κ1) is 25.7.